The van der Waals surface area contributed by atoms with Gasteiger partial charge in [0, 0.05) is 44.1 Å². The first-order valence-electron chi connectivity index (χ1n) is 15.3. The van der Waals surface area contributed by atoms with Gasteiger partial charge in [-0.25, -0.2) is 0 Å². The topological polar surface area (TPSA) is 93.5 Å². The number of nitrogens with one attached hydrogen (secondary N) is 2. The molecule has 3 aliphatic heterocycles. The molecule has 3 saturated heterocycles. The lowest BCUT2D eigenvalue weighted by atomic mass is 9.84. The van der Waals surface area contributed by atoms with Gasteiger partial charge < -0.3 is 39.4 Å². The number of carbonyl (C=O) groups excluding carboxylic acids is 2. The number of morpholine rings is 1. The monoisotopic (exact) mass is 616 g/mol. The van der Waals surface area contributed by atoms with Gasteiger partial charge in [0.25, 0.3) is 0 Å². The van der Waals surface area contributed by atoms with E-state index in [0.29, 0.717) is 62.2 Å². The molecule has 4 heterocycles. The number of amides is 2. The molecule has 0 saturated carbocycles. The van der Waals surface area contributed by atoms with Gasteiger partial charge in [0.1, 0.15) is 11.3 Å². The molecule has 1 atom stereocenters. The minimum Gasteiger partial charge on any atom is -0.467 e. The Labute approximate surface area is 263 Å². The van der Waals surface area contributed by atoms with Gasteiger partial charge in [-0.1, -0.05) is 30.3 Å². The van der Waals surface area contributed by atoms with Gasteiger partial charge in [-0.15, -0.1) is 0 Å². The molecule has 1 aromatic heterocycles. The van der Waals surface area contributed by atoms with Crippen molar-refractivity contribution >= 4 is 40.5 Å². The van der Waals surface area contributed by atoms with Crippen LogP contribution in [0.3, 0.4) is 0 Å². The van der Waals surface area contributed by atoms with E-state index in [1.54, 1.807) is 17.2 Å². The second kappa shape index (κ2) is 13.4. The van der Waals surface area contributed by atoms with E-state index in [-0.39, 0.29) is 30.9 Å². The second-order valence-electron chi connectivity index (χ2n) is 11.8. The van der Waals surface area contributed by atoms with Gasteiger partial charge in [-0.2, -0.15) is 0 Å². The second-order valence-corrected chi connectivity index (χ2v) is 12.2. The van der Waals surface area contributed by atoms with E-state index >= 15 is 0 Å². The average Bonchev–Trinajstić information content (AvgIpc) is 3.71. The number of anilines is 2. The summed E-state index contributed by atoms with van der Waals surface area (Å²) in [5.41, 5.74) is 1.85. The van der Waals surface area contributed by atoms with Crippen molar-refractivity contribution in [2.45, 2.75) is 31.0 Å². The standard InChI is InChI=1S/C33H40N6O4S/c1-36-15-13-33(14-16-36,31(41)34-26-9-11-27(12-10-26)37-17-20-42-21-18-37)39(22-28-8-5-19-43-28)30(40)24-38-23-29(35-32(38)44)25-6-3-2-4-7-25/h2-12,19,29H,13-18,20-24H2,1H3,(H,34,41)(H,35,44)/t29-/m0/s1. The average molecular weight is 617 g/mol. The Kier molecular flexibility index (Phi) is 9.15. The third-order valence-electron chi connectivity index (χ3n) is 8.97. The summed E-state index contributed by atoms with van der Waals surface area (Å²) in [7, 11) is 2.04. The molecule has 3 aromatic rings. The molecule has 0 unspecified atom stereocenters. The number of piperidine rings is 1. The SMILES string of the molecule is CN1CCC(C(=O)Nc2ccc(N3CCOCC3)cc2)(N(Cc2ccco2)C(=O)CN2C[C@@H](c3ccccc3)NC2=S)CC1. The van der Waals surface area contributed by atoms with Crippen LogP contribution < -0.4 is 15.5 Å². The van der Waals surface area contributed by atoms with Crippen LogP contribution in [0.15, 0.2) is 77.4 Å². The largest absolute Gasteiger partial charge is 0.467 e. The first-order chi connectivity index (χ1) is 21.4. The summed E-state index contributed by atoms with van der Waals surface area (Å²) in [5, 5.41) is 7.06. The Balaban J connectivity index is 1.24. The van der Waals surface area contributed by atoms with Gasteiger partial charge in [0.05, 0.1) is 38.6 Å². The lowest BCUT2D eigenvalue weighted by Gasteiger charge is -2.47. The highest BCUT2D eigenvalue weighted by Crippen LogP contribution is 2.33. The molecule has 11 heteroatoms. The van der Waals surface area contributed by atoms with E-state index in [9.17, 15) is 9.59 Å². The van der Waals surface area contributed by atoms with Crippen molar-refractivity contribution in [1.29, 1.82) is 0 Å². The maximum Gasteiger partial charge on any atom is 0.250 e. The molecule has 44 heavy (non-hydrogen) atoms. The minimum atomic E-state index is -1.06. The molecule has 0 spiro atoms. The summed E-state index contributed by atoms with van der Waals surface area (Å²) in [4.78, 5) is 36.8. The van der Waals surface area contributed by atoms with Crippen LogP contribution in [0.1, 0.15) is 30.2 Å². The molecule has 3 aliphatic rings. The molecule has 0 bridgehead atoms. The third kappa shape index (κ3) is 6.59. The fraction of sp³-hybridized carbons (Fsp3) is 0.424. The zero-order valence-electron chi connectivity index (χ0n) is 25.1. The van der Waals surface area contributed by atoms with Gasteiger partial charge in [-0.05, 0) is 74.1 Å². The molecule has 10 nitrogen and oxygen atoms in total. The van der Waals surface area contributed by atoms with Crippen LogP contribution in [0.5, 0.6) is 0 Å². The van der Waals surface area contributed by atoms with E-state index in [1.165, 1.54) is 0 Å². The Morgan fingerprint density at radius 1 is 1.00 bits per heavy atom. The van der Waals surface area contributed by atoms with Crippen LogP contribution in [0.25, 0.3) is 0 Å². The molecule has 0 aliphatic carbocycles. The molecular formula is C33H40N6O4S. The summed E-state index contributed by atoms with van der Waals surface area (Å²) >= 11 is 5.66. The number of benzene rings is 2. The highest BCUT2D eigenvalue weighted by molar-refractivity contribution is 7.80. The van der Waals surface area contributed by atoms with Crippen molar-refractivity contribution in [3.05, 3.63) is 84.3 Å². The number of carbonyl (C=O) groups is 2. The predicted molar refractivity (Wildman–Crippen MR) is 173 cm³/mol. The maximum absolute atomic E-state index is 14.4. The number of thiocarbonyl (C=S) groups is 1. The molecule has 2 amide bonds. The molecule has 3 fully saturated rings. The van der Waals surface area contributed by atoms with Gasteiger partial charge >= 0.3 is 0 Å². The zero-order valence-corrected chi connectivity index (χ0v) is 25.9. The van der Waals surface area contributed by atoms with E-state index in [0.717, 1.165) is 24.3 Å². The number of nitrogens with zero attached hydrogens (tertiary/aromatic N) is 4. The van der Waals surface area contributed by atoms with E-state index in [4.69, 9.17) is 21.4 Å². The summed E-state index contributed by atoms with van der Waals surface area (Å²) < 4.78 is 11.2. The summed E-state index contributed by atoms with van der Waals surface area (Å²) in [6.45, 7) is 5.30. The number of hydrogen-bond donors (Lipinski definition) is 2. The molecule has 0 radical (unpaired) electrons. The molecule has 6 rings (SSSR count). The lowest BCUT2D eigenvalue weighted by molar-refractivity contribution is -0.150. The number of rotatable bonds is 9. The van der Waals surface area contributed by atoms with Crippen LogP contribution in [-0.4, -0.2) is 96.7 Å². The number of furan rings is 1. The third-order valence-corrected chi connectivity index (χ3v) is 9.34. The van der Waals surface area contributed by atoms with Crippen molar-refractivity contribution in [2.24, 2.45) is 0 Å². The number of ether oxygens (including phenoxy) is 1. The summed E-state index contributed by atoms with van der Waals surface area (Å²) in [6, 6.07) is 21.7. The highest BCUT2D eigenvalue weighted by Gasteiger charge is 2.49. The van der Waals surface area contributed by atoms with Crippen molar-refractivity contribution in [3.8, 4) is 0 Å². The first kappa shape index (κ1) is 30.1. The summed E-state index contributed by atoms with van der Waals surface area (Å²) in [6.07, 6.45) is 2.60. The van der Waals surface area contributed by atoms with Gasteiger partial charge in [-0.3, -0.25) is 9.59 Å². The number of likely N-dealkylation sites (tertiary alicyclic amines) is 1. The van der Waals surface area contributed by atoms with Crippen molar-refractivity contribution in [2.75, 3.05) is 69.7 Å². The van der Waals surface area contributed by atoms with Crippen molar-refractivity contribution in [3.63, 3.8) is 0 Å². The van der Waals surface area contributed by atoms with Crippen LogP contribution >= 0.6 is 12.2 Å². The van der Waals surface area contributed by atoms with Crippen molar-refractivity contribution in [1.82, 2.24) is 20.0 Å². The van der Waals surface area contributed by atoms with Gasteiger partial charge in [0.15, 0.2) is 5.11 Å². The Morgan fingerprint density at radius 3 is 2.41 bits per heavy atom. The van der Waals surface area contributed by atoms with Crippen molar-refractivity contribution < 1.29 is 18.7 Å². The van der Waals surface area contributed by atoms with Gasteiger partial charge in [0.2, 0.25) is 11.8 Å². The van der Waals surface area contributed by atoms with E-state index in [1.807, 2.05) is 60.5 Å². The predicted octanol–water partition coefficient (Wildman–Crippen LogP) is 3.48. The first-order valence-corrected chi connectivity index (χ1v) is 15.7. The molecule has 232 valence electrons. The Morgan fingerprint density at radius 2 is 1.73 bits per heavy atom. The van der Waals surface area contributed by atoms with E-state index < -0.39 is 5.54 Å². The smallest absolute Gasteiger partial charge is 0.250 e. The summed E-state index contributed by atoms with van der Waals surface area (Å²) in [5.74, 6) is 0.277. The molecule has 2 aromatic carbocycles. The van der Waals surface area contributed by atoms with E-state index in [2.05, 4.69) is 32.6 Å². The molecule has 2 N–H and O–H groups in total. The molecular weight excluding hydrogens is 576 g/mol. The fourth-order valence-electron chi connectivity index (χ4n) is 6.32. The Bertz CT molecular complexity index is 1420. The quantitative estimate of drug-likeness (QED) is 0.351. The minimum absolute atomic E-state index is 0.00366. The highest BCUT2D eigenvalue weighted by atomic mass is 32.1. The fourth-order valence-corrected chi connectivity index (χ4v) is 6.60. The number of hydrogen-bond acceptors (Lipinski definition) is 7. The van der Waals surface area contributed by atoms with Crippen LogP contribution in [-0.2, 0) is 20.9 Å². The maximum atomic E-state index is 14.4. The lowest BCUT2D eigenvalue weighted by Crippen LogP contribution is -2.64. The van der Waals surface area contributed by atoms with Crippen LogP contribution in [0.2, 0.25) is 0 Å². The Hall–Kier alpha value is -3.93. The van der Waals surface area contributed by atoms with Crippen LogP contribution in [0, 0.1) is 0 Å². The normalized spacial score (nSPS) is 20.3. The van der Waals surface area contributed by atoms with Crippen LogP contribution in [0.4, 0.5) is 11.4 Å². The zero-order chi connectivity index (χ0) is 30.5.